The van der Waals surface area contributed by atoms with E-state index in [1.807, 2.05) is 0 Å². The van der Waals surface area contributed by atoms with Gasteiger partial charge in [0, 0.05) is 10.4 Å². The molecule has 0 amide bonds. The number of nitrogens with two attached hydrogens (primary N) is 1. The van der Waals surface area contributed by atoms with Gasteiger partial charge in [-0.1, -0.05) is 11.6 Å². The highest BCUT2D eigenvalue weighted by Crippen LogP contribution is 2.27. The summed E-state index contributed by atoms with van der Waals surface area (Å²) < 4.78 is 5.47. The van der Waals surface area contributed by atoms with E-state index in [1.165, 1.54) is 0 Å². The summed E-state index contributed by atoms with van der Waals surface area (Å²) in [4.78, 5) is 18.8. The van der Waals surface area contributed by atoms with Gasteiger partial charge in [-0.3, -0.25) is 4.79 Å². The number of H-pyrrole nitrogens is 1. The van der Waals surface area contributed by atoms with Crippen molar-refractivity contribution in [2.75, 3.05) is 0 Å². The molecule has 0 aliphatic rings. The predicted octanol–water partition coefficient (Wildman–Crippen LogP) is 2.34. The molecule has 1 aromatic carbocycles. The Morgan fingerprint density at radius 2 is 2.28 bits per heavy atom. The Morgan fingerprint density at radius 1 is 1.50 bits per heavy atom. The van der Waals surface area contributed by atoms with Crippen molar-refractivity contribution in [3.8, 4) is 0 Å². The number of nitrogens with zero attached hydrogens (tertiary/aromatic N) is 1. The summed E-state index contributed by atoms with van der Waals surface area (Å²) in [7, 11) is 0. The molecule has 0 unspecified atom stereocenters. The van der Waals surface area contributed by atoms with Crippen molar-refractivity contribution in [2.45, 2.75) is 13.0 Å². The molecule has 0 aliphatic heterocycles. The van der Waals surface area contributed by atoms with E-state index in [2.05, 4.69) is 9.97 Å². The van der Waals surface area contributed by atoms with Crippen LogP contribution in [0.3, 0.4) is 0 Å². The lowest BCUT2D eigenvalue weighted by Crippen LogP contribution is -2.17. The maximum absolute atomic E-state index is 11.9. The molecule has 0 aliphatic carbocycles. The van der Waals surface area contributed by atoms with E-state index in [1.54, 1.807) is 25.1 Å². The molecule has 0 saturated heterocycles. The molecule has 0 saturated carbocycles. The fraction of sp³-hybridized carbons (Fsp3) is 0.167. The summed E-state index contributed by atoms with van der Waals surface area (Å²) in [5, 5.41) is 1.28. The first-order valence-electron chi connectivity index (χ1n) is 5.44. The van der Waals surface area contributed by atoms with E-state index < -0.39 is 0 Å². The predicted molar refractivity (Wildman–Crippen MR) is 69.7 cm³/mol. The van der Waals surface area contributed by atoms with E-state index in [-0.39, 0.29) is 17.2 Å². The monoisotopic (exact) mass is 263 g/mol. The van der Waals surface area contributed by atoms with Crippen molar-refractivity contribution in [1.29, 1.82) is 0 Å². The van der Waals surface area contributed by atoms with Gasteiger partial charge in [-0.05, 0) is 25.1 Å². The summed E-state index contributed by atoms with van der Waals surface area (Å²) in [6.07, 6.45) is 0. The van der Waals surface area contributed by atoms with Gasteiger partial charge in [0.2, 0.25) is 5.58 Å². The van der Waals surface area contributed by atoms with Crippen LogP contribution < -0.4 is 11.3 Å². The zero-order valence-electron chi connectivity index (χ0n) is 9.53. The standard InChI is InChI=1S/C12H10ClN3O2/c1-5(14)11-15-9-7-4-6(13)2-3-8(7)18-10(9)12(17)16-11/h2-5H,14H2,1H3,(H,15,16,17)/t5-/m0/s1. The second-order valence-electron chi connectivity index (χ2n) is 4.16. The fourth-order valence-corrected chi connectivity index (χ4v) is 2.03. The number of aromatic amines is 1. The van der Waals surface area contributed by atoms with Gasteiger partial charge < -0.3 is 15.1 Å². The third-order valence-corrected chi connectivity index (χ3v) is 2.97. The van der Waals surface area contributed by atoms with Crippen molar-refractivity contribution < 1.29 is 4.42 Å². The van der Waals surface area contributed by atoms with E-state index in [0.717, 1.165) is 0 Å². The highest BCUT2D eigenvalue weighted by molar-refractivity contribution is 6.31. The summed E-state index contributed by atoms with van der Waals surface area (Å²) in [6.45, 7) is 1.75. The van der Waals surface area contributed by atoms with Gasteiger partial charge in [0.1, 0.15) is 16.9 Å². The quantitative estimate of drug-likeness (QED) is 0.706. The van der Waals surface area contributed by atoms with Gasteiger partial charge in [-0.2, -0.15) is 0 Å². The van der Waals surface area contributed by atoms with Crippen molar-refractivity contribution >= 4 is 33.7 Å². The van der Waals surface area contributed by atoms with E-state index in [9.17, 15) is 4.79 Å². The smallest absolute Gasteiger partial charge is 0.294 e. The van der Waals surface area contributed by atoms with Gasteiger partial charge >= 0.3 is 0 Å². The third-order valence-electron chi connectivity index (χ3n) is 2.74. The molecule has 2 heterocycles. The minimum Gasteiger partial charge on any atom is -0.449 e. The number of halogens is 1. The second-order valence-corrected chi connectivity index (χ2v) is 4.60. The Morgan fingerprint density at radius 3 is 3.00 bits per heavy atom. The normalized spacial score (nSPS) is 13.3. The van der Waals surface area contributed by atoms with Crippen LogP contribution in [0.1, 0.15) is 18.8 Å². The zero-order chi connectivity index (χ0) is 12.9. The van der Waals surface area contributed by atoms with Gasteiger partial charge in [-0.15, -0.1) is 0 Å². The second kappa shape index (κ2) is 3.83. The van der Waals surface area contributed by atoms with Gasteiger partial charge in [0.05, 0.1) is 6.04 Å². The molecular formula is C12H10ClN3O2. The lowest BCUT2D eigenvalue weighted by Gasteiger charge is -2.02. The topological polar surface area (TPSA) is 84.9 Å². The highest BCUT2D eigenvalue weighted by atomic mass is 35.5. The average Bonchev–Trinajstić information content (AvgIpc) is 2.68. The SMILES string of the molecule is C[C@H](N)c1nc2c(oc3ccc(Cl)cc32)c(=O)[nH]1. The number of aromatic nitrogens is 2. The number of fused-ring (bicyclic) bond motifs is 3. The van der Waals surface area contributed by atoms with Crippen molar-refractivity contribution in [2.24, 2.45) is 5.73 Å². The molecule has 92 valence electrons. The molecule has 0 radical (unpaired) electrons. The molecule has 0 fully saturated rings. The van der Waals surface area contributed by atoms with Crippen molar-refractivity contribution in [1.82, 2.24) is 9.97 Å². The third kappa shape index (κ3) is 1.60. The van der Waals surface area contributed by atoms with Crippen LogP contribution in [0.15, 0.2) is 27.4 Å². The first-order chi connectivity index (χ1) is 8.56. The van der Waals surface area contributed by atoms with Crippen LogP contribution in [-0.4, -0.2) is 9.97 Å². The Hall–Kier alpha value is -1.85. The minimum absolute atomic E-state index is 0.191. The van der Waals surface area contributed by atoms with Crippen LogP contribution in [0.5, 0.6) is 0 Å². The summed E-state index contributed by atoms with van der Waals surface area (Å²) >= 11 is 5.94. The Bertz CT molecular complexity index is 804. The molecule has 6 heteroatoms. The molecule has 0 spiro atoms. The molecule has 3 N–H and O–H groups in total. The molecule has 18 heavy (non-hydrogen) atoms. The first kappa shape index (κ1) is 11.3. The van der Waals surface area contributed by atoms with Gasteiger partial charge in [0.25, 0.3) is 5.56 Å². The van der Waals surface area contributed by atoms with Crippen LogP contribution in [-0.2, 0) is 0 Å². The maximum Gasteiger partial charge on any atom is 0.294 e. The number of hydrogen-bond donors (Lipinski definition) is 2. The number of rotatable bonds is 1. The average molecular weight is 264 g/mol. The molecule has 1 atom stereocenters. The summed E-state index contributed by atoms with van der Waals surface area (Å²) in [5.74, 6) is 0.426. The Kier molecular flexibility index (Phi) is 2.39. The fourth-order valence-electron chi connectivity index (χ4n) is 1.86. The van der Waals surface area contributed by atoms with Crippen LogP contribution in [0, 0.1) is 0 Å². The molecular weight excluding hydrogens is 254 g/mol. The minimum atomic E-state index is -0.355. The highest BCUT2D eigenvalue weighted by Gasteiger charge is 2.14. The maximum atomic E-state index is 11.9. The number of nitrogens with one attached hydrogen (secondary N) is 1. The lowest BCUT2D eigenvalue weighted by atomic mass is 10.2. The first-order valence-corrected chi connectivity index (χ1v) is 5.81. The van der Waals surface area contributed by atoms with E-state index >= 15 is 0 Å². The Labute approximate surface area is 107 Å². The zero-order valence-corrected chi connectivity index (χ0v) is 10.3. The van der Waals surface area contributed by atoms with Crippen molar-refractivity contribution in [3.05, 3.63) is 39.4 Å². The summed E-state index contributed by atoms with van der Waals surface area (Å²) in [5.41, 5.74) is 6.65. The largest absolute Gasteiger partial charge is 0.449 e. The van der Waals surface area contributed by atoms with Crippen LogP contribution in [0.4, 0.5) is 0 Å². The van der Waals surface area contributed by atoms with Gasteiger partial charge in [0.15, 0.2) is 0 Å². The Balaban J connectivity index is 2.49. The van der Waals surface area contributed by atoms with Gasteiger partial charge in [-0.25, -0.2) is 4.98 Å². The molecule has 3 rings (SSSR count). The van der Waals surface area contributed by atoms with Crippen LogP contribution in [0.25, 0.3) is 22.1 Å². The van der Waals surface area contributed by atoms with Crippen molar-refractivity contribution in [3.63, 3.8) is 0 Å². The molecule has 3 aromatic rings. The number of furan rings is 1. The number of benzene rings is 1. The lowest BCUT2D eigenvalue weighted by molar-refractivity contribution is 0.655. The molecule has 2 aromatic heterocycles. The van der Waals surface area contributed by atoms with E-state index in [4.69, 9.17) is 21.8 Å². The summed E-state index contributed by atoms with van der Waals surface area (Å²) in [6, 6.07) is 4.78. The van der Waals surface area contributed by atoms with Crippen LogP contribution in [0.2, 0.25) is 5.02 Å². The molecule has 5 nitrogen and oxygen atoms in total. The van der Waals surface area contributed by atoms with E-state index in [0.29, 0.717) is 27.3 Å². The molecule has 0 bridgehead atoms. The number of hydrogen-bond acceptors (Lipinski definition) is 4. The van der Waals surface area contributed by atoms with Crippen LogP contribution >= 0.6 is 11.6 Å².